The number of nitrogens with two attached hydrogens (primary N) is 1. The lowest BCUT2D eigenvalue weighted by molar-refractivity contribution is 0.0782. The van der Waals surface area contributed by atoms with Crippen molar-refractivity contribution in [2.75, 3.05) is 32.6 Å². The van der Waals surface area contributed by atoms with Crippen LogP contribution in [0.1, 0.15) is 17.3 Å². The Kier molecular flexibility index (Phi) is 4.01. The molecule has 1 aromatic rings. The van der Waals surface area contributed by atoms with Crippen LogP contribution < -0.4 is 11.3 Å². The number of aromatic nitrogens is 1. The van der Waals surface area contributed by atoms with E-state index in [2.05, 4.69) is 22.2 Å². The van der Waals surface area contributed by atoms with Gasteiger partial charge >= 0.3 is 0 Å². The van der Waals surface area contributed by atoms with Crippen molar-refractivity contribution in [2.24, 2.45) is 11.8 Å². The molecular weight excluding hydrogens is 242 g/mol. The Labute approximate surface area is 113 Å². The average molecular weight is 263 g/mol. The molecule has 0 spiro atoms. The topological polar surface area (TPSA) is 74.5 Å². The molecule has 1 fully saturated rings. The molecule has 6 nitrogen and oxygen atoms in total. The number of hydrazine groups is 1. The van der Waals surface area contributed by atoms with Crippen LogP contribution in [0.2, 0.25) is 0 Å². The Morgan fingerprint density at radius 2 is 2.26 bits per heavy atom. The first kappa shape index (κ1) is 13.8. The van der Waals surface area contributed by atoms with Crippen molar-refractivity contribution in [3.63, 3.8) is 0 Å². The van der Waals surface area contributed by atoms with Gasteiger partial charge in [0.15, 0.2) is 5.82 Å². The molecule has 104 valence electrons. The van der Waals surface area contributed by atoms with Gasteiger partial charge in [-0.3, -0.25) is 4.79 Å². The molecule has 3 N–H and O–H groups in total. The van der Waals surface area contributed by atoms with Crippen molar-refractivity contribution in [1.29, 1.82) is 0 Å². The normalized spacial score (nSPS) is 22.9. The van der Waals surface area contributed by atoms with E-state index in [-0.39, 0.29) is 5.91 Å². The van der Waals surface area contributed by atoms with Gasteiger partial charge in [-0.15, -0.1) is 0 Å². The highest BCUT2D eigenvalue weighted by molar-refractivity contribution is 5.98. The fourth-order valence-electron chi connectivity index (χ4n) is 2.65. The largest absolute Gasteiger partial charge is 0.337 e. The number of anilines is 1. The summed E-state index contributed by atoms with van der Waals surface area (Å²) in [6.07, 6.45) is 1.61. The smallest absolute Gasteiger partial charge is 0.257 e. The van der Waals surface area contributed by atoms with Gasteiger partial charge in [0.1, 0.15) is 0 Å². The second-order valence-electron chi connectivity index (χ2n) is 5.26. The minimum atomic E-state index is -0.0164. The van der Waals surface area contributed by atoms with Gasteiger partial charge in [-0.25, -0.2) is 10.8 Å². The first-order valence-corrected chi connectivity index (χ1v) is 6.42. The molecule has 0 aromatic carbocycles. The van der Waals surface area contributed by atoms with E-state index in [0.717, 1.165) is 13.1 Å². The first-order chi connectivity index (χ1) is 9.04. The van der Waals surface area contributed by atoms with E-state index in [1.807, 2.05) is 19.0 Å². The summed E-state index contributed by atoms with van der Waals surface area (Å²) in [5.74, 6) is 6.27. The third kappa shape index (κ3) is 2.69. The minimum absolute atomic E-state index is 0.0164. The molecule has 19 heavy (non-hydrogen) atoms. The lowest BCUT2D eigenvalue weighted by atomic mass is 10.1. The van der Waals surface area contributed by atoms with Crippen LogP contribution in [0.15, 0.2) is 18.3 Å². The summed E-state index contributed by atoms with van der Waals surface area (Å²) in [6.45, 7) is 3.68. The Bertz CT molecular complexity index is 462. The molecule has 2 unspecified atom stereocenters. The van der Waals surface area contributed by atoms with E-state index in [4.69, 9.17) is 5.84 Å². The number of nitrogens with zero attached hydrogens (tertiary/aromatic N) is 3. The van der Waals surface area contributed by atoms with E-state index < -0.39 is 0 Å². The number of nitrogens with one attached hydrogen (secondary N) is 1. The van der Waals surface area contributed by atoms with Crippen LogP contribution in [-0.2, 0) is 0 Å². The van der Waals surface area contributed by atoms with Gasteiger partial charge in [-0.2, -0.15) is 0 Å². The number of pyridine rings is 1. The maximum atomic E-state index is 12.5. The minimum Gasteiger partial charge on any atom is -0.337 e. The fraction of sp³-hybridized carbons (Fsp3) is 0.538. The molecule has 6 heteroatoms. The number of nitrogen functional groups attached to an aromatic ring is 1. The summed E-state index contributed by atoms with van der Waals surface area (Å²) in [4.78, 5) is 20.6. The summed E-state index contributed by atoms with van der Waals surface area (Å²) in [6, 6.07) is 3.89. The van der Waals surface area contributed by atoms with Crippen molar-refractivity contribution >= 4 is 11.7 Å². The summed E-state index contributed by atoms with van der Waals surface area (Å²) in [5.41, 5.74) is 3.00. The number of carbonyl (C=O) groups is 1. The van der Waals surface area contributed by atoms with Gasteiger partial charge < -0.3 is 15.2 Å². The zero-order chi connectivity index (χ0) is 14.0. The Hall–Kier alpha value is -1.66. The molecule has 2 heterocycles. The van der Waals surface area contributed by atoms with Gasteiger partial charge in [0.2, 0.25) is 0 Å². The monoisotopic (exact) mass is 263 g/mol. The van der Waals surface area contributed by atoms with E-state index in [1.165, 1.54) is 0 Å². The Balaban J connectivity index is 2.17. The van der Waals surface area contributed by atoms with Crippen molar-refractivity contribution in [1.82, 2.24) is 14.8 Å². The molecule has 1 aliphatic rings. The van der Waals surface area contributed by atoms with Gasteiger partial charge in [-0.05, 0) is 32.1 Å². The molecule has 0 saturated carbocycles. The standard InChI is InChI=1S/C13H21N5O/c1-9-7-18(8-11(9)17(2)3)13(19)10-5-4-6-15-12(10)16-14/h4-6,9,11H,7-8,14H2,1-3H3,(H,15,16). The van der Waals surface area contributed by atoms with E-state index in [1.54, 1.807) is 18.3 Å². The van der Waals surface area contributed by atoms with Crippen molar-refractivity contribution < 1.29 is 4.79 Å². The van der Waals surface area contributed by atoms with Crippen molar-refractivity contribution in [3.8, 4) is 0 Å². The van der Waals surface area contributed by atoms with Gasteiger partial charge in [0, 0.05) is 25.3 Å². The van der Waals surface area contributed by atoms with Crippen LogP contribution >= 0.6 is 0 Å². The lowest BCUT2D eigenvalue weighted by Gasteiger charge is -2.22. The number of likely N-dealkylation sites (N-methyl/N-ethyl adjacent to an activating group) is 1. The maximum Gasteiger partial charge on any atom is 0.257 e. The molecule has 0 aliphatic carbocycles. The molecule has 2 atom stereocenters. The Morgan fingerprint density at radius 3 is 2.84 bits per heavy atom. The highest BCUT2D eigenvalue weighted by Gasteiger charge is 2.34. The van der Waals surface area contributed by atoms with Crippen molar-refractivity contribution in [3.05, 3.63) is 23.9 Å². The van der Waals surface area contributed by atoms with E-state index in [9.17, 15) is 4.79 Å². The molecule has 2 rings (SSSR count). The third-order valence-corrected chi connectivity index (χ3v) is 3.70. The molecule has 0 radical (unpaired) electrons. The van der Waals surface area contributed by atoms with Crippen LogP contribution in [0, 0.1) is 5.92 Å². The van der Waals surface area contributed by atoms with Crippen LogP contribution in [-0.4, -0.2) is 53.9 Å². The van der Waals surface area contributed by atoms with Gasteiger partial charge in [0.25, 0.3) is 5.91 Å². The summed E-state index contributed by atoms with van der Waals surface area (Å²) in [7, 11) is 4.10. The molecular formula is C13H21N5O. The van der Waals surface area contributed by atoms with Crippen LogP contribution in [0.5, 0.6) is 0 Å². The number of hydrogen-bond acceptors (Lipinski definition) is 5. The summed E-state index contributed by atoms with van der Waals surface area (Å²) < 4.78 is 0. The van der Waals surface area contributed by atoms with Gasteiger partial charge in [-0.1, -0.05) is 6.92 Å². The second-order valence-corrected chi connectivity index (χ2v) is 5.26. The number of hydrogen-bond donors (Lipinski definition) is 2. The highest BCUT2D eigenvalue weighted by Crippen LogP contribution is 2.23. The zero-order valence-corrected chi connectivity index (χ0v) is 11.6. The average Bonchev–Trinajstić information content (AvgIpc) is 2.80. The maximum absolute atomic E-state index is 12.5. The molecule has 1 amide bonds. The number of amides is 1. The SMILES string of the molecule is CC1CN(C(=O)c2cccnc2NN)CC1N(C)C. The lowest BCUT2D eigenvalue weighted by Crippen LogP contribution is -2.36. The highest BCUT2D eigenvalue weighted by atomic mass is 16.2. The molecule has 0 bridgehead atoms. The first-order valence-electron chi connectivity index (χ1n) is 6.42. The zero-order valence-electron chi connectivity index (χ0n) is 11.6. The van der Waals surface area contributed by atoms with Crippen LogP contribution in [0.4, 0.5) is 5.82 Å². The van der Waals surface area contributed by atoms with E-state index in [0.29, 0.717) is 23.3 Å². The predicted octanol–water partition coefficient (Wildman–Crippen LogP) is 0.389. The number of likely N-dealkylation sites (tertiary alicyclic amines) is 1. The molecule has 1 saturated heterocycles. The van der Waals surface area contributed by atoms with Crippen molar-refractivity contribution in [2.45, 2.75) is 13.0 Å². The number of rotatable bonds is 3. The molecule has 1 aliphatic heterocycles. The number of carbonyl (C=O) groups excluding carboxylic acids is 1. The Morgan fingerprint density at radius 1 is 1.53 bits per heavy atom. The fourth-order valence-corrected chi connectivity index (χ4v) is 2.65. The summed E-state index contributed by atoms with van der Waals surface area (Å²) in [5, 5.41) is 0. The van der Waals surface area contributed by atoms with Crippen LogP contribution in [0.3, 0.4) is 0 Å². The second kappa shape index (κ2) is 5.54. The van der Waals surface area contributed by atoms with Crippen LogP contribution in [0.25, 0.3) is 0 Å². The quantitative estimate of drug-likeness (QED) is 0.609. The predicted molar refractivity (Wildman–Crippen MR) is 74.6 cm³/mol. The van der Waals surface area contributed by atoms with Gasteiger partial charge in [0.05, 0.1) is 5.56 Å². The summed E-state index contributed by atoms with van der Waals surface area (Å²) >= 11 is 0. The molecule has 1 aromatic heterocycles. The van der Waals surface area contributed by atoms with E-state index >= 15 is 0 Å². The third-order valence-electron chi connectivity index (χ3n) is 3.70.